The van der Waals surface area contributed by atoms with E-state index in [1.807, 2.05) is 5.38 Å². The summed E-state index contributed by atoms with van der Waals surface area (Å²) in [5.41, 5.74) is 6.83. The number of likely N-dealkylation sites (N-methyl/N-ethyl adjacent to an activating group) is 1. The third-order valence-corrected chi connectivity index (χ3v) is 4.09. The number of hydrogen-bond acceptors (Lipinski definition) is 6. The summed E-state index contributed by atoms with van der Waals surface area (Å²) in [6.45, 7) is 6.01. The maximum Gasteiger partial charge on any atom is 0.223 e. The van der Waals surface area contributed by atoms with Crippen LogP contribution in [0.5, 0.6) is 0 Å². The van der Waals surface area contributed by atoms with Gasteiger partial charge in [-0.15, -0.1) is 11.3 Å². The minimum Gasteiger partial charge on any atom is -0.329 e. The van der Waals surface area contributed by atoms with E-state index >= 15 is 0 Å². The molecule has 1 atom stereocenters. The second-order valence-corrected chi connectivity index (χ2v) is 5.81. The van der Waals surface area contributed by atoms with E-state index in [0.717, 1.165) is 31.9 Å². The molecule has 1 aliphatic rings. The first-order valence-electron chi connectivity index (χ1n) is 6.43. The first-order chi connectivity index (χ1) is 9.08. The zero-order chi connectivity index (χ0) is 13.8. The molecule has 6 nitrogen and oxygen atoms in total. The number of nitrogens with one attached hydrogen (secondary N) is 1. The number of amides is 1. The minimum absolute atomic E-state index is 0.0830. The molecule has 1 amide bonds. The van der Waals surface area contributed by atoms with Crippen LogP contribution in [0.15, 0.2) is 5.38 Å². The number of nitrogens with zero attached hydrogens (tertiary/aromatic N) is 3. The Morgan fingerprint density at radius 3 is 3.11 bits per heavy atom. The quantitative estimate of drug-likeness (QED) is 0.824. The fourth-order valence-corrected chi connectivity index (χ4v) is 3.02. The fraction of sp³-hybridized carbons (Fsp3) is 0.667. The number of aromatic nitrogens is 1. The highest BCUT2D eigenvalue weighted by atomic mass is 32.1. The molecule has 3 N–H and O–H groups in total. The first-order valence-corrected chi connectivity index (χ1v) is 7.31. The van der Waals surface area contributed by atoms with Crippen molar-refractivity contribution in [2.45, 2.75) is 19.5 Å². The van der Waals surface area contributed by atoms with Crippen molar-refractivity contribution in [3.05, 3.63) is 11.1 Å². The van der Waals surface area contributed by atoms with Crippen molar-refractivity contribution in [3.63, 3.8) is 0 Å². The van der Waals surface area contributed by atoms with Crippen LogP contribution < -0.4 is 11.1 Å². The summed E-state index contributed by atoms with van der Waals surface area (Å²) >= 11 is 1.46. The van der Waals surface area contributed by atoms with Gasteiger partial charge in [-0.05, 0) is 7.05 Å². The predicted octanol–water partition coefficient (Wildman–Crippen LogP) is 0.176. The largest absolute Gasteiger partial charge is 0.329 e. The van der Waals surface area contributed by atoms with Gasteiger partial charge >= 0.3 is 0 Å². The van der Waals surface area contributed by atoms with Crippen LogP contribution in [0.1, 0.15) is 12.6 Å². The van der Waals surface area contributed by atoms with Crippen LogP contribution >= 0.6 is 11.3 Å². The minimum atomic E-state index is -0.0830. The molecule has 1 fully saturated rings. The Balaban J connectivity index is 1.96. The highest BCUT2D eigenvalue weighted by molar-refractivity contribution is 7.13. The van der Waals surface area contributed by atoms with Gasteiger partial charge in [-0.3, -0.25) is 9.69 Å². The van der Waals surface area contributed by atoms with E-state index in [1.165, 1.54) is 18.3 Å². The van der Waals surface area contributed by atoms with Gasteiger partial charge < -0.3 is 16.0 Å². The van der Waals surface area contributed by atoms with Gasteiger partial charge in [0.05, 0.1) is 5.69 Å². The van der Waals surface area contributed by atoms with Crippen LogP contribution in [-0.4, -0.2) is 60.0 Å². The van der Waals surface area contributed by atoms with Gasteiger partial charge in [0.25, 0.3) is 0 Å². The molecular formula is C12H21N5OS. The Kier molecular flexibility index (Phi) is 4.87. The zero-order valence-electron chi connectivity index (χ0n) is 11.4. The van der Waals surface area contributed by atoms with Crippen molar-refractivity contribution in [1.29, 1.82) is 0 Å². The second-order valence-electron chi connectivity index (χ2n) is 4.95. The number of hydrogen-bond donors (Lipinski definition) is 2. The van der Waals surface area contributed by atoms with Crippen molar-refractivity contribution in [2.75, 3.05) is 38.5 Å². The summed E-state index contributed by atoms with van der Waals surface area (Å²) < 4.78 is 0. The molecular weight excluding hydrogens is 262 g/mol. The fourth-order valence-electron chi connectivity index (χ4n) is 2.28. The Morgan fingerprint density at radius 2 is 2.42 bits per heavy atom. The van der Waals surface area contributed by atoms with Crippen LogP contribution in [0.2, 0.25) is 0 Å². The van der Waals surface area contributed by atoms with Crippen molar-refractivity contribution >= 4 is 22.4 Å². The molecule has 1 aromatic rings. The lowest BCUT2D eigenvalue weighted by Gasteiger charge is -2.39. The first kappa shape index (κ1) is 14.4. The van der Waals surface area contributed by atoms with Crippen LogP contribution in [-0.2, 0) is 11.3 Å². The number of rotatable bonds is 4. The Hall–Kier alpha value is -1.02. The third kappa shape index (κ3) is 3.97. The van der Waals surface area contributed by atoms with Gasteiger partial charge in [0.1, 0.15) is 0 Å². The van der Waals surface area contributed by atoms with Crippen molar-refractivity contribution < 1.29 is 4.79 Å². The SMILES string of the molecule is CC(=O)Nc1nc(CN2CCN(C)CC2CN)cs1. The molecule has 0 aliphatic carbocycles. The molecule has 7 heteroatoms. The second kappa shape index (κ2) is 6.42. The van der Waals surface area contributed by atoms with Gasteiger partial charge in [0, 0.05) is 51.1 Å². The maximum atomic E-state index is 11.0. The smallest absolute Gasteiger partial charge is 0.223 e. The van der Waals surface area contributed by atoms with E-state index in [-0.39, 0.29) is 5.91 Å². The summed E-state index contributed by atoms with van der Waals surface area (Å²) in [5.74, 6) is -0.0830. The van der Waals surface area contributed by atoms with Crippen LogP contribution in [0.4, 0.5) is 5.13 Å². The number of nitrogens with two attached hydrogens (primary N) is 1. The molecule has 0 bridgehead atoms. The van der Waals surface area contributed by atoms with Gasteiger partial charge in [-0.1, -0.05) is 0 Å². The zero-order valence-corrected chi connectivity index (χ0v) is 12.2. The predicted molar refractivity (Wildman–Crippen MR) is 77.2 cm³/mol. The number of anilines is 1. The number of piperazine rings is 1. The number of thiazole rings is 1. The molecule has 19 heavy (non-hydrogen) atoms. The average Bonchev–Trinajstić information content (AvgIpc) is 2.78. The normalized spacial score (nSPS) is 21.5. The summed E-state index contributed by atoms with van der Waals surface area (Å²) in [5, 5.41) is 5.38. The lowest BCUT2D eigenvalue weighted by molar-refractivity contribution is -0.114. The van der Waals surface area contributed by atoms with Crippen molar-refractivity contribution in [1.82, 2.24) is 14.8 Å². The molecule has 1 aliphatic heterocycles. The topological polar surface area (TPSA) is 74.5 Å². The van der Waals surface area contributed by atoms with Gasteiger partial charge in [-0.25, -0.2) is 4.98 Å². The summed E-state index contributed by atoms with van der Waals surface area (Å²) in [7, 11) is 2.12. The Labute approximate surface area is 117 Å². The molecule has 0 aromatic carbocycles. The lowest BCUT2D eigenvalue weighted by atomic mass is 10.1. The van der Waals surface area contributed by atoms with Gasteiger partial charge in [0.2, 0.25) is 5.91 Å². The molecule has 1 unspecified atom stereocenters. The van der Waals surface area contributed by atoms with Crippen LogP contribution in [0, 0.1) is 0 Å². The molecule has 0 radical (unpaired) electrons. The van der Waals surface area contributed by atoms with E-state index in [1.54, 1.807) is 0 Å². The number of carbonyl (C=O) groups is 1. The van der Waals surface area contributed by atoms with Gasteiger partial charge in [-0.2, -0.15) is 0 Å². The lowest BCUT2D eigenvalue weighted by Crippen LogP contribution is -2.54. The van der Waals surface area contributed by atoms with Crippen molar-refractivity contribution in [3.8, 4) is 0 Å². The molecule has 2 heterocycles. The number of carbonyl (C=O) groups excluding carboxylic acids is 1. The van der Waals surface area contributed by atoms with Gasteiger partial charge in [0.15, 0.2) is 5.13 Å². The highest BCUT2D eigenvalue weighted by Gasteiger charge is 2.24. The summed E-state index contributed by atoms with van der Waals surface area (Å²) in [6.07, 6.45) is 0. The maximum absolute atomic E-state index is 11.0. The monoisotopic (exact) mass is 283 g/mol. The molecule has 0 spiro atoms. The van der Waals surface area contributed by atoms with E-state index in [9.17, 15) is 4.79 Å². The third-order valence-electron chi connectivity index (χ3n) is 3.28. The van der Waals surface area contributed by atoms with Crippen LogP contribution in [0.3, 0.4) is 0 Å². The molecule has 1 aromatic heterocycles. The van der Waals surface area contributed by atoms with Crippen molar-refractivity contribution in [2.24, 2.45) is 5.73 Å². The molecule has 2 rings (SSSR count). The molecule has 0 saturated carbocycles. The Bertz CT molecular complexity index is 436. The van der Waals surface area contributed by atoms with E-state index in [0.29, 0.717) is 17.7 Å². The average molecular weight is 283 g/mol. The van der Waals surface area contributed by atoms with E-state index < -0.39 is 0 Å². The van der Waals surface area contributed by atoms with E-state index in [4.69, 9.17) is 5.73 Å². The van der Waals surface area contributed by atoms with E-state index in [2.05, 4.69) is 27.1 Å². The summed E-state index contributed by atoms with van der Waals surface area (Å²) in [4.78, 5) is 20.1. The highest BCUT2D eigenvalue weighted by Crippen LogP contribution is 2.18. The van der Waals surface area contributed by atoms with Crippen LogP contribution in [0.25, 0.3) is 0 Å². The molecule has 106 valence electrons. The summed E-state index contributed by atoms with van der Waals surface area (Å²) in [6, 6.07) is 0.379. The standard InChI is InChI=1S/C12H21N5OS/c1-9(18)14-12-15-10(8-19-12)6-17-4-3-16(2)7-11(17)5-13/h8,11H,3-7,13H2,1-2H3,(H,14,15,18). The Morgan fingerprint density at radius 1 is 1.63 bits per heavy atom. The molecule has 1 saturated heterocycles.